The molecule has 0 radical (unpaired) electrons. The summed E-state index contributed by atoms with van der Waals surface area (Å²) in [5, 5.41) is 3.47. The van der Waals surface area contributed by atoms with Gasteiger partial charge in [0.05, 0.1) is 39.9 Å². The van der Waals surface area contributed by atoms with Crippen molar-refractivity contribution in [1.29, 1.82) is 0 Å². The standard InChI is InChI=1S/C25H23Cl2NO7/c1-14-19(24(30)34-13-12-33-23(29)16-8-5-4-6-9-16)20(17-10-7-11-18(26)21(17)27)22(15(2)28-14)35-25(31)32-3/h4-11,20,28H,12-13H2,1-3H3. The van der Waals surface area contributed by atoms with E-state index in [-0.39, 0.29) is 34.6 Å². The lowest BCUT2D eigenvalue weighted by atomic mass is 9.85. The molecule has 3 rings (SSSR count). The smallest absolute Gasteiger partial charge is 0.459 e. The zero-order valence-electron chi connectivity index (χ0n) is 19.2. The van der Waals surface area contributed by atoms with Gasteiger partial charge in [0.15, 0.2) is 0 Å². The minimum atomic E-state index is -0.968. The van der Waals surface area contributed by atoms with Crippen molar-refractivity contribution >= 4 is 41.3 Å². The fourth-order valence-corrected chi connectivity index (χ4v) is 3.97. The van der Waals surface area contributed by atoms with Crippen LogP contribution in [0.3, 0.4) is 0 Å². The molecule has 8 nitrogen and oxygen atoms in total. The third-order valence-electron chi connectivity index (χ3n) is 5.13. The topological polar surface area (TPSA) is 100 Å². The van der Waals surface area contributed by atoms with Crippen molar-refractivity contribution in [2.45, 2.75) is 19.8 Å². The number of rotatable bonds is 7. The van der Waals surface area contributed by atoms with E-state index in [1.165, 1.54) is 7.11 Å². The molecule has 2 aromatic rings. The second-order valence-electron chi connectivity index (χ2n) is 7.42. The van der Waals surface area contributed by atoms with Crippen LogP contribution < -0.4 is 5.32 Å². The molecule has 1 heterocycles. The van der Waals surface area contributed by atoms with Gasteiger partial charge >= 0.3 is 18.1 Å². The lowest BCUT2D eigenvalue weighted by molar-refractivity contribution is -0.140. The first-order valence-corrected chi connectivity index (χ1v) is 11.3. The Hall–Kier alpha value is -3.49. The number of carbonyl (C=O) groups is 3. The van der Waals surface area contributed by atoms with Crippen LogP contribution in [0.15, 0.2) is 71.3 Å². The van der Waals surface area contributed by atoms with Gasteiger partial charge < -0.3 is 24.3 Å². The van der Waals surface area contributed by atoms with Crippen LogP contribution in [-0.2, 0) is 23.7 Å². The van der Waals surface area contributed by atoms with Gasteiger partial charge in [0.25, 0.3) is 0 Å². The Labute approximate surface area is 212 Å². The fraction of sp³-hybridized carbons (Fsp3) is 0.240. The summed E-state index contributed by atoms with van der Waals surface area (Å²) >= 11 is 12.7. The van der Waals surface area contributed by atoms with Crippen LogP contribution in [0.5, 0.6) is 0 Å². The average molecular weight is 520 g/mol. The molecule has 1 N–H and O–H groups in total. The van der Waals surface area contributed by atoms with E-state index in [0.717, 1.165) is 0 Å². The van der Waals surface area contributed by atoms with Gasteiger partial charge in [-0.3, -0.25) is 0 Å². The number of benzene rings is 2. The molecule has 0 saturated heterocycles. The Morgan fingerprint density at radius 1 is 0.886 bits per heavy atom. The number of hydrogen-bond donors (Lipinski definition) is 1. The van der Waals surface area contributed by atoms with E-state index in [1.807, 2.05) is 0 Å². The summed E-state index contributed by atoms with van der Waals surface area (Å²) in [6.07, 6.45) is -0.968. The molecular weight excluding hydrogens is 497 g/mol. The van der Waals surface area contributed by atoms with Gasteiger partial charge in [0, 0.05) is 5.70 Å². The Morgan fingerprint density at radius 2 is 1.54 bits per heavy atom. The highest BCUT2D eigenvalue weighted by Gasteiger charge is 2.38. The second kappa shape index (κ2) is 11.8. The van der Waals surface area contributed by atoms with Crippen molar-refractivity contribution in [2.75, 3.05) is 20.3 Å². The number of nitrogens with one attached hydrogen (secondary N) is 1. The van der Waals surface area contributed by atoms with Crippen LogP contribution in [0.1, 0.15) is 35.7 Å². The highest BCUT2D eigenvalue weighted by Crippen LogP contribution is 2.43. The second-order valence-corrected chi connectivity index (χ2v) is 8.21. The highest BCUT2D eigenvalue weighted by atomic mass is 35.5. The van der Waals surface area contributed by atoms with Crippen molar-refractivity contribution in [1.82, 2.24) is 5.32 Å². The number of esters is 2. The van der Waals surface area contributed by atoms with Crippen LogP contribution >= 0.6 is 23.2 Å². The quantitative estimate of drug-likeness (QED) is 0.296. The Kier molecular flexibility index (Phi) is 8.78. The van der Waals surface area contributed by atoms with E-state index in [1.54, 1.807) is 62.4 Å². The van der Waals surface area contributed by atoms with Crippen molar-refractivity contribution in [2.24, 2.45) is 0 Å². The lowest BCUT2D eigenvalue weighted by Gasteiger charge is -2.30. The van der Waals surface area contributed by atoms with Gasteiger partial charge in [-0.2, -0.15) is 0 Å². The van der Waals surface area contributed by atoms with Crippen molar-refractivity contribution in [3.63, 3.8) is 0 Å². The van der Waals surface area contributed by atoms with Gasteiger partial charge in [-0.15, -0.1) is 0 Å². The summed E-state index contributed by atoms with van der Waals surface area (Å²) < 4.78 is 20.6. The lowest BCUT2D eigenvalue weighted by Crippen LogP contribution is -2.31. The minimum Gasteiger partial charge on any atom is -0.459 e. The number of ether oxygens (including phenoxy) is 4. The molecule has 0 aromatic heterocycles. The summed E-state index contributed by atoms with van der Waals surface area (Å²) in [5.41, 5.74) is 1.90. The first-order chi connectivity index (χ1) is 16.7. The first-order valence-electron chi connectivity index (χ1n) is 10.5. The predicted octanol–water partition coefficient (Wildman–Crippen LogP) is 5.37. The molecule has 0 spiro atoms. The van der Waals surface area contributed by atoms with Gasteiger partial charge in [-0.25, -0.2) is 14.4 Å². The maximum absolute atomic E-state index is 13.2. The number of carbonyl (C=O) groups excluding carboxylic acids is 3. The minimum absolute atomic E-state index is 0.106. The maximum Gasteiger partial charge on any atom is 0.513 e. The van der Waals surface area contributed by atoms with Crippen LogP contribution in [0.2, 0.25) is 10.0 Å². The molecule has 0 fully saturated rings. The number of methoxy groups -OCH3 is 1. The molecule has 2 aromatic carbocycles. The molecule has 1 unspecified atom stereocenters. The van der Waals surface area contributed by atoms with E-state index in [9.17, 15) is 14.4 Å². The average Bonchev–Trinajstić information content (AvgIpc) is 2.85. The van der Waals surface area contributed by atoms with E-state index >= 15 is 0 Å². The maximum atomic E-state index is 13.2. The van der Waals surface area contributed by atoms with E-state index < -0.39 is 24.0 Å². The van der Waals surface area contributed by atoms with E-state index in [2.05, 4.69) is 10.1 Å². The molecule has 1 aliphatic heterocycles. The molecule has 0 aliphatic carbocycles. The van der Waals surface area contributed by atoms with Crippen LogP contribution in [-0.4, -0.2) is 38.4 Å². The van der Waals surface area contributed by atoms with Crippen molar-refractivity contribution in [3.05, 3.63) is 92.4 Å². The summed E-state index contributed by atoms with van der Waals surface area (Å²) in [5.74, 6) is -2.06. The number of allylic oxidation sites excluding steroid dienone is 3. The molecule has 184 valence electrons. The Balaban J connectivity index is 1.83. The van der Waals surface area contributed by atoms with E-state index in [4.69, 9.17) is 37.4 Å². The van der Waals surface area contributed by atoms with Gasteiger partial charge in [0.2, 0.25) is 0 Å². The molecule has 35 heavy (non-hydrogen) atoms. The van der Waals surface area contributed by atoms with Gasteiger partial charge in [-0.1, -0.05) is 53.5 Å². The normalized spacial score (nSPS) is 15.3. The molecule has 10 heteroatoms. The Morgan fingerprint density at radius 3 is 2.20 bits per heavy atom. The fourth-order valence-electron chi connectivity index (χ4n) is 3.56. The largest absolute Gasteiger partial charge is 0.513 e. The number of halogens is 2. The molecule has 1 atom stereocenters. The molecule has 0 amide bonds. The monoisotopic (exact) mass is 519 g/mol. The summed E-state index contributed by atoms with van der Waals surface area (Å²) in [4.78, 5) is 37.2. The van der Waals surface area contributed by atoms with E-state index in [0.29, 0.717) is 22.5 Å². The SMILES string of the molecule is COC(=O)OC1=C(C)NC(C)=C(C(=O)OCCOC(=O)c2ccccc2)C1c1cccc(Cl)c1Cl. The van der Waals surface area contributed by atoms with Crippen LogP contribution in [0, 0.1) is 0 Å². The molecule has 0 saturated carbocycles. The van der Waals surface area contributed by atoms with Crippen LogP contribution in [0.25, 0.3) is 0 Å². The molecule has 0 bridgehead atoms. The van der Waals surface area contributed by atoms with Crippen molar-refractivity contribution in [3.8, 4) is 0 Å². The Bertz CT molecular complexity index is 1190. The van der Waals surface area contributed by atoms with Crippen molar-refractivity contribution < 1.29 is 33.3 Å². The van der Waals surface area contributed by atoms with Gasteiger partial charge in [0.1, 0.15) is 19.0 Å². The third kappa shape index (κ3) is 6.15. The number of hydrogen-bond acceptors (Lipinski definition) is 8. The number of dihydropyridines is 1. The first kappa shape index (κ1) is 26.1. The highest BCUT2D eigenvalue weighted by molar-refractivity contribution is 6.42. The third-order valence-corrected chi connectivity index (χ3v) is 5.96. The zero-order valence-corrected chi connectivity index (χ0v) is 20.7. The summed E-state index contributed by atoms with van der Waals surface area (Å²) in [6.45, 7) is 3.01. The zero-order chi connectivity index (χ0) is 25.5. The van der Waals surface area contributed by atoms with Crippen LogP contribution in [0.4, 0.5) is 4.79 Å². The predicted molar refractivity (Wildman–Crippen MR) is 129 cm³/mol. The summed E-state index contributed by atoms with van der Waals surface area (Å²) in [6, 6.07) is 13.4. The molecular formula is C25H23Cl2NO7. The molecule has 1 aliphatic rings. The van der Waals surface area contributed by atoms with Gasteiger partial charge in [-0.05, 0) is 37.6 Å². The summed E-state index contributed by atoms with van der Waals surface area (Å²) in [7, 11) is 1.17.